The van der Waals surface area contributed by atoms with Gasteiger partial charge in [0.25, 0.3) is 0 Å². The van der Waals surface area contributed by atoms with Crippen molar-refractivity contribution in [3.8, 4) is 118 Å². The van der Waals surface area contributed by atoms with Gasteiger partial charge in [0.15, 0.2) is 17.5 Å². The van der Waals surface area contributed by atoms with Crippen molar-refractivity contribution in [3.05, 3.63) is 319 Å². The Balaban J connectivity index is 1.04. The number of fused-ring (bicyclic) bond motifs is 6. The lowest BCUT2D eigenvalue weighted by molar-refractivity contribution is 1.06. The van der Waals surface area contributed by atoms with Gasteiger partial charge in [-0.1, -0.05) is 235 Å². The molecule has 0 N–H and O–H groups in total. The lowest BCUT2D eigenvalue weighted by Crippen LogP contribution is -2.06. The third-order valence-electron chi connectivity index (χ3n) is 18.0. The summed E-state index contributed by atoms with van der Waals surface area (Å²) in [5.41, 5.74) is 27.0. The second-order valence-electron chi connectivity index (χ2n) is 24.2. The molecule has 6 nitrogen and oxygen atoms in total. The minimum absolute atomic E-state index is 0.515. The van der Waals surface area contributed by atoms with E-state index in [-0.39, 0.29) is 0 Å². The first-order valence-corrected chi connectivity index (χ1v) is 31.3. The molecule has 0 amide bonds. The normalized spacial score (nSPS) is 11.5. The standard InChI is InChI=1S/C86H60N6/c1-54-17-11-26-61(43-54)66-33-39-78-73(49-66)74-50-67(62-27-12-18-55(2)44-62)34-40-79(74)91(78)77-38-37-70(65-30-15-21-58(47-65)53-87)48-72(77)71-31-16-32-82(83(71)86-89-84(59-22-7-5-8-23-59)88-85(90-86)60-24-9-6-10-25-60)92-80-41-35-68(63-28-13-19-56(3)45-63)51-75(80)76-52-69(36-42-81(76)92)64-29-14-20-57(4)46-64/h5-52H,1-4H3. The maximum atomic E-state index is 10.4. The highest BCUT2D eigenvalue weighted by Gasteiger charge is 2.27. The summed E-state index contributed by atoms with van der Waals surface area (Å²) in [6.07, 6.45) is 0. The fourth-order valence-electron chi connectivity index (χ4n) is 13.6. The second-order valence-corrected chi connectivity index (χ2v) is 24.2. The van der Waals surface area contributed by atoms with Crippen LogP contribution in [0.2, 0.25) is 0 Å². The Morgan fingerprint density at radius 1 is 0.261 bits per heavy atom. The van der Waals surface area contributed by atoms with E-state index in [1.165, 1.54) is 33.4 Å². The molecule has 3 heterocycles. The van der Waals surface area contributed by atoms with Crippen LogP contribution in [0.4, 0.5) is 0 Å². The van der Waals surface area contributed by atoms with Gasteiger partial charge in [-0.2, -0.15) is 5.26 Å². The van der Waals surface area contributed by atoms with Gasteiger partial charge in [-0.3, -0.25) is 0 Å². The van der Waals surface area contributed by atoms with Crippen LogP contribution in [0.5, 0.6) is 0 Å². The van der Waals surface area contributed by atoms with E-state index >= 15 is 0 Å². The van der Waals surface area contributed by atoms with E-state index < -0.39 is 0 Å². The number of nitrogens with zero attached hydrogens (tertiary/aromatic N) is 6. The maximum absolute atomic E-state index is 10.4. The Morgan fingerprint density at radius 2 is 0.598 bits per heavy atom. The van der Waals surface area contributed by atoms with E-state index in [2.05, 4.69) is 279 Å². The summed E-state index contributed by atoms with van der Waals surface area (Å²) >= 11 is 0. The van der Waals surface area contributed by atoms with Crippen molar-refractivity contribution in [2.45, 2.75) is 27.7 Å². The molecule has 434 valence electrons. The predicted molar refractivity (Wildman–Crippen MR) is 381 cm³/mol. The second kappa shape index (κ2) is 22.8. The van der Waals surface area contributed by atoms with Gasteiger partial charge in [-0.15, -0.1) is 0 Å². The van der Waals surface area contributed by atoms with Crippen molar-refractivity contribution in [2.24, 2.45) is 0 Å². The maximum Gasteiger partial charge on any atom is 0.166 e. The Labute approximate surface area is 535 Å². The Morgan fingerprint density at radius 3 is 1.01 bits per heavy atom. The first-order chi connectivity index (χ1) is 45.2. The molecule has 0 aliphatic rings. The van der Waals surface area contributed by atoms with E-state index in [9.17, 15) is 5.26 Å². The monoisotopic (exact) mass is 1180 g/mol. The third kappa shape index (κ3) is 9.99. The molecule has 3 aromatic heterocycles. The highest BCUT2D eigenvalue weighted by atomic mass is 15.1. The third-order valence-corrected chi connectivity index (χ3v) is 18.0. The summed E-state index contributed by atoms with van der Waals surface area (Å²) in [7, 11) is 0. The van der Waals surface area contributed by atoms with Crippen molar-refractivity contribution in [1.82, 2.24) is 24.1 Å². The molecule has 0 fully saturated rings. The molecular formula is C86H60N6. The van der Waals surface area contributed by atoms with Crippen LogP contribution in [0.25, 0.3) is 156 Å². The summed E-state index contributed by atoms with van der Waals surface area (Å²) in [6, 6.07) is 107. The summed E-state index contributed by atoms with van der Waals surface area (Å²) in [6.45, 7) is 8.62. The van der Waals surface area contributed by atoms with Crippen molar-refractivity contribution in [3.63, 3.8) is 0 Å². The van der Waals surface area contributed by atoms with Crippen LogP contribution in [-0.2, 0) is 0 Å². The lowest BCUT2D eigenvalue weighted by atomic mass is 9.92. The molecule has 0 spiro atoms. The first-order valence-electron chi connectivity index (χ1n) is 31.3. The van der Waals surface area contributed by atoms with Gasteiger partial charge in [0.2, 0.25) is 0 Å². The number of hydrogen-bond acceptors (Lipinski definition) is 4. The van der Waals surface area contributed by atoms with Gasteiger partial charge in [0.05, 0.1) is 50.6 Å². The van der Waals surface area contributed by atoms with Crippen LogP contribution >= 0.6 is 0 Å². The number of hydrogen-bond donors (Lipinski definition) is 0. The van der Waals surface area contributed by atoms with Gasteiger partial charge in [0, 0.05) is 38.2 Å². The molecule has 0 radical (unpaired) electrons. The average molecular weight is 1180 g/mol. The van der Waals surface area contributed by atoms with Crippen LogP contribution in [0.1, 0.15) is 27.8 Å². The summed E-state index contributed by atoms with van der Waals surface area (Å²) in [5.74, 6) is 1.63. The van der Waals surface area contributed by atoms with Crippen molar-refractivity contribution in [1.29, 1.82) is 5.26 Å². The molecule has 13 aromatic carbocycles. The van der Waals surface area contributed by atoms with Gasteiger partial charge in [0.1, 0.15) is 0 Å². The molecule has 16 aromatic rings. The smallest absolute Gasteiger partial charge is 0.166 e. The number of nitriles is 1. The summed E-state index contributed by atoms with van der Waals surface area (Å²) in [5, 5.41) is 14.9. The number of aryl methyl sites for hydroxylation is 4. The molecule has 16 rings (SSSR count). The van der Waals surface area contributed by atoms with Crippen LogP contribution in [-0.4, -0.2) is 24.1 Å². The van der Waals surface area contributed by atoms with Crippen LogP contribution in [0, 0.1) is 39.0 Å². The summed E-state index contributed by atoms with van der Waals surface area (Å²) in [4.78, 5) is 16.6. The van der Waals surface area contributed by atoms with Gasteiger partial charge < -0.3 is 9.13 Å². The van der Waals surface area contributed by atoms with Crippen molar-refractivity contribution in [2.75, 3.05) is 0 Å². The fraction of sp³-hybridized carbons (Fsp3) is 0.0465. The predicted octanol–water partition coefficient (Wildman–Crippen LogP) is 22.2. The quantitative estimate of drug-likeness (QED) is 0.129. The Bertz CT molecular complexity index is 5380. The van der Waals surface area contributed by atoms with Gasteiger partial charge in [-0.05, 0) is 168 Å². The first kappa shape index (κ1) is 55.3. The average Bonchev–Trinajstić information content (AvgIpc) is 1.50. The zero-order valence-electron chi connectivity index (χ0n) is 51.4. The lowest BCUT2D eigenvalue weighted by Gasteiger charge is -2.21. The fourth-order valence-corrected chi connectivity index (χ4v) is 13.6. The van der Waals surface area contributed by atoms with E-state index in [1.807, 2.05) is 54.6 Å². The van der Waals surface area contributed by atoms with Gasteiger partial charge >= 0.3 is 0 Å². The Kier molecular flexibility index (Phi) is 13.7. The molecule has 0 unspecified atom stereocenters. The van der Waals surface area contributed by atoms with E-state index in [0.29, 0.717) is 23.0 Å². The molecule has 92 heavy (non-hydrogen) atoms. The highest BCUT2D eigenvalue weighted by Crippen LogP contribution is 2.47. The molecular weight excluding hydrogens is 1120 g/mol. The van der Waals surface area contributed by atoms with Crippen LogP contribution in [0.3, 0.4) is 0 Å². The number of benzene rings is 13. The zero-order chi connectivity index (χ0) is 62.0. The van der Waals surface area contributed by atoms with Gasteiger partial charge in [-0.25, -0.2) is 15.0 Å². The molecule has 0 bridgehead atoms. The minimum atomic E-state index is 0.515. The molecule has 0 aliphatic heterocycles. The zero-order valence-corrected chi connectivity index (χ0v) is 51.4. The largest absolute Gasteiger partial charge is 0.309 e. The van der Waals surface area contributed by atoms with Crippen molar-refractivity contribution >= 4 is 43.6 Å². The van der Waals surface area contributed by atoms with E-state index in [0.717, 1.165) is 127 Å². The van der Waals surface area contributed by atoms with Crippen molar-refractivity contribution < 1.29 is 0 Å². The molecule has 0 saturated carbocycles. The summed E-state index contributed by atoms with van der Waals surface area (Å²) < 4.78 is 4.88. The van der Waals surface area contributed by atoms with E-state index in [4.69, 9.17) is 15.0 Å². The number of aromatic nitrogens is 5. The topological polar surface area (TPSA) is 72.3 Å². The highest BCUT2D eigenvalue weighted by molar-refractivity contribution is 6.14. The Hall–Kier alpha value is -12.0. The molecule has 0 saturated heterocycles. The molecule has 0 atom stereocenters. The minimum Gasteiger partial charge on any atom is -0.309 e. The van der Waals surface area contributed by atoms with E-state index in [1.54, 1.807) is 0 Å². The molecule has 0 aliphatic carbocycles. The van der Waals surface area contributed by atoms with Crippen LogP contribution < -0.4 is 0 Å². The van der Waals surface area contributed by atoms with Crippen LogP contribution in [0.15, 0.2) is 291 Å². The number of rotatable bonds is 11. The SMILES string of the molecule is Cc1cccc(-c2ccc3c(c2)c2cc(-c4cccc(C)c4)ccc2n3-c2ccc(-c3cccc(C#N)c3)cc2-c2cccc(-n3c4ccc(-c5cccc(C)c5)cc4c4cc(-c5cccc(C)c5)ccc43)c2-c2nc(-c3ccccc3)nc(-c3ccccc3)n2)c1. The molecule has 6 heteroatoms.